The van der Waals surface area contributed by atoms with Crippen LogP contribution in [-0.2, 0) is 32.7 Å². The van der Waals surface area contributed by atoms with Gasteiger partial charge in [-0.25, -0.2) is 12.2 Å². The molecule has 0 bridgehead atoms. The van der Waals surface area contributed by atoms with Crippen molar-refractivity contribution in [1.29, 1.82) is 0 Å². The number of rotatable bonds is 0. The molecule has 0 amide bonds. The molecular formula is C5H5Y-. The molecule has 0 aromatic carbocycles. The molecule has 0 fully saturated rings. The van der Waals surface area contributed by atoms with Gasteiger partial charge in [0.05, 0.1) is 0 Å². The van der Waals surface area contributed by atoms with Crippen molar-refractivity contribution in [2.45, 2.75) is 6.42 Å². The molecule has 0 atom stereocenters. The van der Waals surface area contributed by atoms with Crippen molar-refractivity contribution >= 4 is 0 Å². The minimum Gasteiger partial charge on any atom is -0.273 e. The van der Waals surface area contributed by atoms with Crippen molar-refractivity contribution in [3.63, 3.8) is 0 Å². The van der Waals surface area contributed by atoms with Crippen molar-refractivity contribution in [2.24, 2.45) is 0 Å². The third kappa shape index (κ3) is 1.89. The van der Waals surface area contributed by atoms with E-state index in [0.717, 1.165) is 6.42 Å². The number of hydrogen-bond acceptors (Lipinski definition) is 0. The summed E-state index contributed by atoms with van der Waals surface area (Å²) in [6.07, 6.45) is 10.0. The minimum atomic E-state index is 0. The maximum atomic E-state index is 2.99. The summed E-state index contributed by atoms with van der Waals surface area (Å²) in [5.74, 6) is 0. The summed E-state index contributed by atoms with van der Waals surface area (Å²) >= 11 is 0. The van der Waals surface area contributed by atoms with Crippen LogP contribution in [0.3, 0.4) is 0 Å². The fourth-order valence-electron chi connectivity index (χ4n) is 0.340. The third-order valence-electron chi connectivity index (χ3n) is 0.586. The van der Waals surface area contributed by atoms with Crippen LogP contribution in [0, 0.1) is 6.08 Å². The first-order valence-corrected chi connectivity index (χ1v) is 1.72. The second kappa shape index (κ2) is 3.76. The van der Waals surface area contributed by atoms with Gasteiger partial charge in [-0.05, 0) is 0 Å². The maximum Gasteiger partial charge on any atom is 0 e. The van der Waals surface area contributed by atoms with Crippen molar-refractivity contribution in [2.75, 3.05) is 0 Å². The first-order valence-electron chi connectivity index (χ1n) is 1.72. The van der Waals surface area contributed by atoms with E-state index < -0.39 is 0 Å². The summed E-state index contributed by atoms with van der Waals surface area (Å²) in [4.78, 5) is 0. The molecular weight excluding hydrogens is 149 g/mol. The van der Waals surface area contributed by atoms with E-state index >= 15 is 0 Å². The zero-order valence-corrected chi connectivity index (χ0v) is 6.35. The zero-order chi connectivity index (χ0) is 3.54. The molecule has 0 spiro atoms. The van der Waals surface area contributed by atoms with Crippen LogP contribution in [0.15, 0.2) is 18.2 Å². The van der Waals surface area contributed by atoms with Crippen LogP contribution in [0.2, 0.25) is 0 Å². The van der Waals surface area contributed by atoms with Gasteiger partial charge >= 0.3 is 0 Å². The molecule has 1 rings (SSSR count). The van der Waals surface area contributed by atoms with Crippen LogP contribution >= 0.6 is 0 Å². The molecule has 0 aromatic rings. The van der Waals surface area contributed by atoms with Gasteiger partial charge in [0.2, 0.25) is 0 Å². The topological polar surface area (TPSA) is 0 Å². The van der Waals surface area contributed by atoms with Gasteiger partial charge in [-0.15, -0.1) is 6.42 Å². The fraction of sp³-hybridized carbons (Fsp3) is 0.200. The molecule has 0 nitrogen and oxygen atoms in total. The monoisotopic (exact) mass is 154 g/mol. The van der Waals surface area contributed by atoms with Gasteiger partial charge in [0, 0.05) is 32.7 Å². The Kier molecular flexibility index (Phi) is 4.13. The molecule has 0 saturated heterocycles. The molecule has 0 N–H and O–H groups in total. The van der Waals surface area contributed by atoms with Crippen LogP contribution in [0.5, 0.6) is 0 Å². The van der Waals surface area contributed by atoms with Gasteiger partial charge in [-0.1, -0.05) is 0 Å². The van der Waals surface area contributed by atoms with E-state index in [1.165, 1.54) is 0 Å². The molecule has 0 unspecified atom stereocenters. The van der Waals surface area contributed by atoms with Gasteiger partial charge in [-0.3, -0.25) is 6.08 Å². The van der Waals surface area contributed by atoms with Crippen LogP contribution in [-0.4, -0.2) is 0 Å². The standard InChI is InChI=1S/C5H5.Y/c1-2-4-5-3-1;/h1-3H,4H2;/q-1;. The first kappa shape index (κ1) is 6.58. The predicted octanol–water partition coefficient (Wildman–Crippen LogP) is 1.30. The zero-order valence-electron chi connectivity index (χ0n) is 3.52. The van der Waals surface area contributed by atoms with Crippen molar-refractivity contribution in [3.05, 3.63) is 24.3 Å². The van der Waals surface area contributed by atoms with Gasteiger partial charge in [0.25, 0.3) is 0 Å². The molecule has 1 aliphatic carbocycles. The second-order valence-electron chi connectivity index (χ2n) is 1.00. The van der Waals surface area contributed by atoms with Crippen LogP contribution < -0.4 is 0 Å². The van der Waals surface area contributed by atoms with Crippen LogP contribution in [0.25, 0.3) is 0 Å². The Hall–Kier alpha value is 0.584. The van der Waals surface area contributed by atoms with E-state index in [1.54, 1.807) is 0 Å². The third-order valence-corrected chi connectivity index (χ3v) is 0.586. The second-order valence-corrected chi connectivity index (χ2v) is 1.00. The Bertz CT molecular complexity index is 62.0. The van der Waals surface area contributed by atoms with Crippen molar-refractivity contribution in [3.8, 4) is 0 Å². The number of allylic oxidation sites excluding steroid dienone is 4. The van der Waals surface area contributed by atoms with Crippen molar-refractivity contribution in [1.82, 2.24) is 0 Å². The average molecular weight is 154 g/mol. The smallest absolute Gasteiger partial charge is 0 e. The summed E-state index contributed by atoms with van der Waals surface area (Å²) in [6, 6.07) is 0. The molecule has 1 aliphatic rings. The fourth-order valence-corrected chi connectivity index (χ4v) is 0.340. The average Bonchev–Trinajstić information content (AvgIpc) is 1.76. The van der Waals surface area contributed by atoms with Crippen LogP contribution in [0.1, 0.15) is 6.42 Å². The number of hydrogen-bond donors (Lipinski definition) is 0. The van der Waals surface area contributed by atoms with Crippen molar-refractivity contribution < 1.29 is 32.7 Å². The Labute approximate surface area is 63.2 Å². The van der Waals surface area contributed by atoms with Gasteiger partial charge in [0.1, 0.15) is 0 Å². The Balaban J connectivity index is 0.000000250. The predicted molar refractivity (Wildman–Crippen MR) is 21.6 cm³/mol. The normalized spacial score (nSPS) is 14.7. The Morgan fingerprint density at radius 1 is 1.50 bits per heavy atom. The van der Waals surface area contributed by atoms with E-state index in [1.807, 2.05) is 12.2 Å². The SMILES string of the molecule is [C-]1=CC=CC1.[Y]. The molecule has 1 heteroatoms. The summed E-state index contributed by atoms with van der Waals surface area (Å²) in [6.45, 7) is 0. The quantitative estimate of drug-likeness (QED) is 0.461. The van der Waals surface area contributed by atoms with E-state index in [0.29, 0.717) is 0 Å². The first-order chi connectivity index (χ1) is 2.50. The maximum absolute atomic E-state index is 2.99. The van der Waals surface area contributed by atoms with E-state index in [-0.39, 0.29) is 32.7 Å². The molecule has 1 radical (unpaired) electrons. The Morgan fingerprint density at radius 2 is 2.33 bits per heavy atom. The molecule has 29 valence electrons. The molecule has 0 saturated carbocycles. The summed E-state index contributed by atoms with van der Waals surface area (Å²) in [5, 5.41) is 0. The van der Waals surface area contributed by atoms with E-state index in [2.05, 4.69) is 12.2 Å². The van der Waals surface area contributed by atoms with Gasteiger partial charge in [0.15, 0.2) is 0 Å². The largest absolute Gasteiger partial charge is 0.273 e. The summed E-state index contributed by atoms with van der Waals surface area (Å²) in [7, 11) is 0. The molecule has 0 aliphatic heterocycles. The molecule has 6 heavy (non-hydrogen) atoms. The van der Waals surface area contributed by atoms with Gasteiger partial charge < -0.3 is 0 Å². The van der Waals surface area contributed by atoms with E-state index in [9.17, 15) is 0 Å². The van der Waals surface area contributed by atoms with Gasteiger partial charge in [-0.2, -0.15) is 6.08 Å². The summed E-state index contributed by atoms with van der Waals surface area (Å²) < 4.78 is 0. The summed E-state index contributed by atoms with van der Waals surface area (Å²) in [5.41, 5.74) is 0. The minimum absolute atomic E-state index is 0. The molecule has 0 aromatic heterocycles. The Morgan fingerprint density at radius 3 is 2.50 bits per heavy atom. The molecule has 0 heterocycles. The van der Waals surface area contributed by atoms with Crippen LogP contribution in [0.4, 0.5) is 0 Å². The van der Waals surface area contributed by atoms with E-state index in [4.69, 9.17) is 0 Å².